The number of hydrogen-bond donors (Lipinski definition) is 1. The Balaban J connectivity index is 2.59. The van der Waals surface area contributed by atoms with Crippen LogP contribution in [-0.2, 0) is 14.6 Å². The lowest BCUT2D eigenvalue weighted by Gasteiger charge is -2.38. The number of hydrogen-bond acceptors (Lipinski definition) is 4. The number of sulfone groups is 1. The summed E-state index contributed by atoms with van der Waals surface area (Å²) in [6.45, 7) is 4.54. The molecule has 118 valence electrons. The highest BCUT2D eigenvalue weighted by molar-refractivity contribution is 7.92. The van der Waals surface area contributed by atoms with Crippen LogP contribution >= 0.6 is 0 Å². The quantitative estimate of drug-likeness (QED) is 0.719. The lowest BCUT2D eigenvalue weighted by Crippen LogP contribution is -2.53. The number of likely N-dealkylation sites (tertiary alicyclic amines) is 1. The third kappa shape index (κ3) is 5.40. The Morgan fingerprint density at radius 1 is 1.35 bits per heavy atom. The molecular formula is C14H28N2O3S. The molecule has 0 aromatic heterocycles. The van der Waals surface area contributed by atoms with Crippen molar-refractivity contribution in [3.63, 3.8) is 0 Å². The minimum absolute atomic E-state index is 0.0120. The maximum atomic E-state index is 12.3. The van der Waals surface area contributed by atoms with Gasteiger partial charge in [-0.3, -0.25) is 4.79 Å². The predicted molar refractivity (Wildman–Crippen MR) is 81.2 cm³/mol. The summed E-state index contributed by atoms with van der Waals surface area (Å²) >= 11 is 0. The Morgan fingerprint density at radius 2 is 2.05 bits per heavy atom. The van der Waals surface area contributed by atoms with Gasteiger partial charge in [0, 0.05) is 18.6 Å². The van der Waals surface area contributed by atoms with E-state index in [-0.39, 0.29) is 29.5 Å². The molecule has 0 saturated carbocycles. The number of amides is 1. The Kier molecular flexibility index (Phi) is 6.95. The average Bonchev–Trinajstić information content (AvgIpc) is 2.38. The van der Waals surface area contributed by atoms with Crippen molar-refractivity contribution >= 4 is 15.7 Å². The number of piperidine rings is 1. The Morgan fingerprint density at radius 3 is 2.65 bits per heavy atom. The van der Waals surface area contributed by atoms with Crippen molar-refractivity contribution in [2.45, 2.75) is 64.5 Å². The molecule has 1 saturated heterocycles. The maximum Gasteiger partial charge on any atom is 0.238 e. The molecule has 0 aliphatic carbocycles. The summed E-state index contributed by atoms with van der Waals surface area (Å²) in [4.78, 5) is 13.9. The second-order valence-corrected chi connectivity index (χ2v) is 7.99. The largest absolute Gasteiger partial charge is 0.337 e. The van der Waals surface area contributed by atoms with Crippen LogP contribution in [0.2, 0.25) is 0 Å². The summed E-state index contributed by atoms with van der Waals surface area (Å²) in [6.07, 6.45) is 5.37. The first-order valence-corrected chi connectivity index (χ1v) is 9.45. The summed E-state index contributed by atoms with van der Waals surface area (Å²) in [5.74, 6) is -0.521. The SMILES string of the molecule is CCCCCS(=O)(=O)CC(=O)N1CCCCC1C(C)N. The van der Waals surface area contributed by atoms with Gasteiger partial charge in [-0.25, -0.2) is 8.42 Å². The molecule has 6 heteroatoms. The Labute approximate surface area is 122 Å². The van der Waals surface area contributed by atoms with Crippen LogP contribution < -0.4 is 5.73 Å². The molecular weight excluding hydrogens is 276 g/mol. The first-order valence-electron chi connectivity index (χ1n) is 7.63. The van der Waals surface area contributed by atoms with Crippen molar-refractivity contribution in [2.24, 2.45) is 5.73 Å². The van der Waals surface area contributed by atoms with E-state index in [0.717, 1.165) is 32.1 Å². The topological polar surface area (TPSA) is 80.5 Å². The monoisotopic (exact) mass is 304 g/mol. The van der Waals surface area contributed by atoms with E-state index in [0.29, 0.717) is 13.0 Å². The summed E-state index contributed by atoms with van der Waals surface area (Å²) in [6, 6.07) is -0.121. The van der Waals surface area contributed by atoms with Gasteiger partial charge in [-0.1, -0.05) is 19.8 Å². The lowest BCUT2D eigenvalue weighted by molar-refractivity contribution is -0.132. The standard InChI is InChI=1S/C14H28N2O3S/c1-3-4-7-10-20(18,19)11-14(17)16-9-6-5-8-13(16)12(2)15/h12-13H,3-11,15H2,1-2H3. The highest BCUT2D eigenvalue weighted by Crippen LogP contribution is 2.19. The second-order valence-electron chi connectivity index (χ2n) is 5.81. The van der Waals surface area contributed by atoms with E-state index < -0.39 is 9.84 Å². The molecule has 1 fully saturated rings. The molecule has 0 aromatic carbocycles. The highest BCUT2D eigenvalue weighted by atomic mass is 32.2. The van der Waals surface area contributed by atoms with Crippen molar-refractivity contribution in [1.29, 1.82) is 0 Å². The smallest absolute Gasteiger partial charge is 0.238 e. The van der Waals surface area contributed by atoms with Crippen molar-refractivity contribution < 1.29 is 13.2 Å². The normalized spacial score (nSPS) is 21.8. The first-order chi connectivity index (χ1) is 9.37. The lowest BCUT2D eigenvalue weighted by atomic mass is 9.97. The third-order valence-electron chi connectivity index (χ3n) is 3.88. The highest BCUT2D eigenvalue weighted by Gasteiger charge is 2.31. The van der Waals surface area contributed by atoms with Crippen molar-refractivity contribution in [3.8, 4) is 0 Å². The van der Waals surface area contributed by atoms with E-state index >= 15 is 0 Å². The second kappa shape index (κ2) is 7.98. The fourth-order valence-corrected chi connectivity index (χ4v) is 4.06. The van der Waals surface area contributed by atoms with Crippen molar-refractivity contribution in [1.82, 2.24) is 4.90 Å². The minimum Gasteiger partial charge on any atom is -0.337 e. The minimum atomic E-state index is -3.28. The molecule has 2 unspecified atom stereocenters. The molecule has 1 amide bonds. The van der Waals surface area contributed by atoms with Gasteiger partial charge < -0.3 is 10.6 Å². The van der Waals surface area contributed by atoms with E-state index in [4.69, 9.17) is 5.73 Å². The van der Waals surface area contributed by atoms with Gasteiger partial charge in [0.05, 0.1) is 5.75 Å². The average molecular weight is 304 g/mol. The van der Waals surface area contributed by atoms with E-state index in [1.165, 1.54) is 0 Å². The number of rotatable bonds is 7. The molecule has 0 radical (unpaired) electrons. The van der Waals surface area contributed by atoms with Crippen molar-refractivity contribution in [2.75, 3.05) is 18.1 Å². The molecule has 0 aromatic rings. The Bertz CT molecular complexity index is 407. The molecule has 2 atom stereocenters. The summed E-state index contributed by atoms with van der Waals surface area (Å²) in [5.41, 5.74) is 5.91. The van der Waals surface area contributed by atoms with Crippen LogP contribution in [0, 0.1) is 0 Å². The summed E-state index contributed by atoms with van der Waals surface area (Å²) in [5, 5.41) is 0. The molecule has 1 aliphatic rings. The number of carbonyl (C=O) groups excluding carboxylic acids is 1. The van der Waals surface area contributed by atoms with Crippen LogP contribution in [-0.4, -0.2) is 49.4 Å². The van der Waals surface area contributed by atoms with Crippen molar-refractivity contribution in [3.05, 3.63) is 0 Å². The Hall–Kier alpha value is -0.620. The van der Waals surface area contributed by atoms with Crippen LogP contribution in [0.5, 0.6) is 0 Å². The van der Waals surface area contributed by atoms with Crippen LogP contribution in [0.1, 0.15) is 52.4 Å². The van der Waals surface area contributed by atoms with Gasteiger partial charge in [-0.05, 0) is 32.6 Å². The number of nitrogens with two attached hydrogens (primary N) is 1. The van der Waals surface area contributed by atoms with Gasteiger partial charge in [0.25, 0.3) is 0 Å². The molecule has 0 spiro atoms. The molecule has 1 rings (SSSR count). The van der Waals surface area contributed by atoms with E-state index in [1.54, 1.807) is 4.90 Å². The van der Waals surface area contributed by atoms with E-state index in [9.17, 15) is 13.2 Å². The van der Waals surface area contributed by atoms with Crippen LogP contribution in [0.3, 0.4) is 0 Å². The van der Waals surface area contributed by atoms with Crippen LogP contribution in [0.4, 0.5) is 0 Å². The fourth-order valence-electron chi connectivity index (χ4n) is 2.73. The maximum absolute atomic E-state index is 12.3. The molecule has 0 bridgehead atoms. The first kappa shape index (κ1) is 17.4. The zero-order chi connectivity index (χ0) is 15.2. The van der Waals surface area contributed by atoms with Crippen LogP contribution in [0.25, 0.3) is 0 Å². The fraction of sp³-hybridized carbons (Fsp3) is 0.929. The van der Waals surface area contributed by atoms with Gasteiger partial charge in [-0.15, -0.1) is 0 Å². The number of carbonyl (C=O) groups is 1. The summed E-state index contributed by atoms with van der Waals surface area (Å²) < 4.78 is 23.9. The van der Waals surface area contributed by atoms with Gasteiger partial charge >= 0.3 is 0 Å². The van der Waals surface area contributed by atoms with Gasteiger partial charge in [0.2, 0.25) is 5.91 Å². The zero-order valence-corrected chi connectivity index (χ0v) is 13.5. The van der Waals surface area contributed by atoms with Gasteiger partial charge in [0.15, 0.2) is 9.84 Å². The van der Waals surface area contributed by atoms with E-state index in [2.05, 4.69) is 0 Å². The van der Waals surface area contributed by atoms with Gasteiger partial charge in [-0.2, -0.15) is 0 Å². The molecule has 1 heterocycles. The molecule has 5 nitrogen and oxygen atoms in total. The molecule has 1 aliphatic heterocycles. The third-order valence-corrected chi connectivity index (χ3v) is 5.48. The van der Waals surface area contributed by atoms with Gasteiger partial charge in [0.1, 0.15) is 5.75 Å². The molecule has 2 N–H and O–H groups in total. The number of unbranched alkanes of at least 4 members (excludes halogenated alkanes) is 2. The summed E-state index contributed by atoms with van der Waals surface area (Å²) in [7, 11) is -3.28. The van der Waals surface area contributed by atoms with E-state index in [1.807, 2.05) is 13.8 Å². The molecule has 20 heavy (non-hydrogen) atoms. The zero-order valence-electron chi connectivity index (χ0n) is 12.7. The van der Waals surface area contributed by atoms with Crippen LogP contribution in [0.15, 0.2) is 0 Å². The predicted octanol–water partition coefficient (Wildman–Crippen LogP) is 1.32. The number of nitrogens with zero attached hydrogens (tertiary/aromatic N) is 1.